The Morgan fingerprint density at radius 2 is 1.78 bits per heavy atom. The summed E-state index contributed by atoms with van der Waals surface area (Å²) in [4.78, 5) is 30.5. The molecular weight excluding hydrogens is 344 g/mol. The molecule has 0 amide bonds. The minimum atomic E-state index is -0.989. The van der Waals surface area contributed by atoms with Gasteiger partial charge in [0.2, 0.25) is 0 Å². The Labute approximate surface area is 158 Å². The number of pyridine rings is 1. The maximum Gasteiger partial charge on any atom is 0.329 e. The van der Waals surface area contributed by atoms with E-state index < -0.39 is 18.1 Å². The van der Waals surface area contributed by atoms with E-state index in [-0.39, 0.29) is 18.5 Å². The third kappa shape index (κ3) is 3.94. The number of carbonyl (C=O) groups is 2. The maximum absolute atomic E-state index is 13.0. The zero-order valence-corrected chi connectivity index (χ0v) is 15.5. The van der Waals surface area contributed by atoms with Gasteiger partial charge in [0.1, 0.15) is 12.1 Å². The summed E-state index contributed by atoms with van der Waals surface area (Å²) < 4.78 is 5.36. The number of carbonyl (C=O) groups excluding carboxylic acids is 1. The topological polar surface area (TPSA) is 79.7 Å². The lowest BCUT2D eigenvalue weighted by atomic mass is 9.93. The molecule has 6 heteroatoms. The second-order valence-electron chi connectivity index (χ2n) is 6.76. The SMILES string of the molecule is CCOC(=O)C(C1Cc2ccccc2C1)N(c1ccncc1)[C@@H](C)C(=O)O. The minimum absolute atomic E-state index is 0.0589. The summed E-state index contributed by atoms with van der Waals surface area (Å²) in [7, 11) is 0. The summed E-state index contributed by atoms with van der Waals surface area (Å²) in [5.74, 6) is -1.44. The molecule has 0 fully saturated rings. The smallest absolute Gasteiger partial charge is 0.329 e. The molecule has 2 aromatic rings. The van der Waals surface area contributed by atoms with Gasteiger partial charge in [0.25, 0.3) is 0 Å². The summed E-state index contributed by atoms with van der Waals surface area (Å²) in [6, 6.07) is 9.99. The normalized spacial score (nSPS) is 15.6. The molecule has 1 aromatic carbocycles. The summed E-state index contributed by atoms with van der Waals surface area (Å²) in [5.41, 5.74) is 3.05. The molecule has 142 valence electrons. The summed E-state index contributed by atoms with van der Waals surface area (Å²) >= 11 is 0. The number of rotatable bonds is 7. The molecule has 0 saturated heterocycles. The number of carboxylic acids is 1. The van der Waals surface area contributed by atoms with Crippen LogP contribution in [0.25, 0.3) is 0 Å². The van der Waals surface area contributed by atoms with E-state index >= 15 is 0 Å². The van der Waals surface area contributed by atoms with Crippen molar-refractivity contribution < 1.29 is 19.4 Å². The van der Waals surface area contributed by atoms with Gasteiger partial charge < -0.3 is 14.7 Å². The monoisotopic (exact) mass is 368 g/mol. The number of anilines is 1. The van der Waals surface area contributed by atoms with Crippen LogP contribution in [0.15, 0.2) is 48.8 Å². The van der Waals surface area contributed by atoms with Crippen LogP contribution in [-0.4, -0.2) is 40.7 Å². The van der Waals surface area contributed by atoms with E-state index in [0.717, 1.165) is 0 Å². The Kier molecular flexibility index (Phi) is 5.74. The van der Waals surface area contributed by atoms with Crippen molar-refractivity contribution in [2.45, 2.75) is 38.8 Å². The van der Waals surface area contributed by atoms with Crippen molar-refractivity contribution in [1.82, 2.24) is 4.98 Å². The van der Waals surface area contributed by atoms with Crippen LogP contribution in [0.1, 0.15) is 25.0 Å². The van der Waals surface area contributed by atoms with Crippen molar-refractivity contribution in [2.75, 3.05) is 11.5 Å². The summed E-state index contributed by atoms with van der Waals surface area (Å²) in [6.45, 7) is 3.60. The van der Waals surface area contributed by atoms with Crippen LogP contribution in [0, 0.1) is 5.92 Å². The van der Waals surface area contributed by atoms with Crippen molar-refractivity contribution in [3.8, 4) is 0 Å². The third-order valence-electron chi connectivity index (χ3n) is 5.09. The van der Waals surface area contributed by atoms with E-state index in [9.17, 15) is 14.7 Å². The molecule has 0 bridgehead atoms. The number of aromatic nitrogens is 1. The van der Waals surface area contributed by atoms with Gasteiger partial charge >= 0.3 is 11.9 Å². The van der Waals surface area contributed by atoms with Crippen LogP contribution in [0.5, 0.6) is 0 Å². The Bertz CT molecular complexity index is 784. The van der Waals surface area contributed by atoms with Gasteiger partial charge in [-0.1, -0.05) is 24.3 Å². The van der Waals surface area contributed by atoms with Gasteiger partial charge in [-0.2, -0.15) is 0 Å². The fraction of sp³-hybridized carbons (Fsp3) is 0.381. The molecule has 27 heavy (non-hydrogen) atoms. The highest BCUT2D eigenvalue weighted by molar-refractivity contribution is 5.86. The molecule has 1 heterocycles. The lowest BCUT2D eigenvalue weighted by Gasteiger charge is -2.38. The van der Waals surface area contributed by atoms with E-state index in [1.165, 1.54) is 11.1 Å². The number of aliphatic carboxylic acids is 1. The van der Waals surface area contributed by atoms with E-state index in [2.05, 4.69) is 17.1 Å². The molecule has 1 unspecified atom stereocenters. The van der Waals surface area contributed by atoms with Gasteiger partial charge in [-0.15, -0.1) is 0 Å². The Morgan fingerprint density at radius 1 is 1.19 bits per heavy atom. The molecule has 0 spiro atoms. The maximum atomic E-state index is 13.0. The lowest BCUT2D eigenvalue weighted by molar-refractivity contribution is -0.146. The number of hydrogen-bond donors (Lipinski definition) is 1. The second kappa shape index (κ2) is 8.20. The van der Waals surface area contributed by atoms with E-state index in [4.69, 9.17) is 4.74 Å². The summed E-state index contributed by atoms with van der Waals surface area (Å²) in [5, 5.41) is 9.68. The van der Waals surface area contributed by atoms with Crippen LogP contribution >= 0.6 is 0 Å². The largest absolute Gasteiger partial charge is 0.480 e. The molecule has 1 aliphatic rings. The Hall–Kier alpha value is -2.89. The molecule has 1 aromatic heterocycles. The van der Waals surface area contributed by atoms with Gasteiger partial charge in [0, 0.05) is 18.1 Å². The molecule has 3 rings (SSSR count). The van der Waals surface area contributed by atoms with Gasteiger partial charge in [-0.05, 0) is 55.9 Å². The average molecular weight is 368 g/mol. The zero-order valence-electron chi connectivity index (χ0n) is 15.5. The minimum Gasteiger partial charge on any atom is -0.480 e. The van der Waals surface area contributed by atoms with Crippen LogP contribution in [0.3, 0.4) is 0 Å². The van der Waals surface area contributed by atoms with Crippen LogP contribution in [0.4, 0.5) is 5.69 Å². The first-order valence-electron chi connectivity index (χ1n) is 9.17. The predicted molar refractivity (Wildman–Crippen MR) is 102 cm³/mol. The highest BCUT2D eigenvalue weighted by Crippen LogP contribution is 2.34. The van der Waals surface area contributed by atoms with Crippen molar-refractivity contribution in [1.29, 1.82) is 0 Å². The first-order chi connectivity index (χ1) is 13.0. The van der Waals surface area contributed by atoms with Crippen LogP contribution < -0.4 is 4.90 Å². The van der Waals surface area contributed by atoms with Crippen molar-refractivity contribution >= 4 is 17.6 Å². The zero-order chi connectivity index (χ0) is 19.4. The van der Waals surface area contributed by atoms with Gasteiger partial charge in [0.05, 0.1) is 6.61 Å². The number of nitrogens with zero attached hydrogens (tertiary/aromatic N) is 2. The van der Waals surface area contributed by atoms with Crippen molar-refractivity contribution in [3.63, 3.8) is 0 Å². The van der Waals surface area contributed by atoms with E-state index in [1.807, 2.05) is 12.1 Å². The number of ether oxygens (including phenoxy) is 1. The number of fused-ring (bicyclic) bond motifs is 1. The fourth-order valence-electron chi connectivity index (χ4n) is 3.84. The molecule has 0 radical (unpaired) electrons. The van der Waals surface area contributed by atoms with E-state index in [1.54, 1.807) is 43.3 Å². The number of hydrogen-bond acceptors (Lipinski definition) is 5. The third-order valence-corrected chi connectivity index (χ3v) is 5.09. The predicted octanol–water partition coefficient (Wildman–Crippen LogP) is 2.71. The highest BCUT2D eigenvalue weighted by Gasteiger charge is 2.41. The average Bonchev–Trinajstić information content (AvgIpc) is 3.09. The van der Waals surface area contributed by atoms with Crippen molar-refractivity contribution in [2.24, 2.45) is 5.92 Å². The number of benzene rings is 1. The highest BCUT2D eigenvalue weighted by atomic mass is 16.5. The van der Waals surface area contributed by atoms with Crippen molar-refractivity contribution in [3.05, 3.63) is 59.9 Å². The van der Waals surface area contributed by atoms with Crippen LogP contribution in [-0.2, 0) is 27.2 Å². The van der Waals surface area contributed by atoms with Crippen LogP contribution in [0.2, 0.25) is 0 Å². The second-order valence-corrected chi connectivity index (χ2v) is 6.76. The number of esters is 1. The lowest BCUT2D eigenvalue weighted by Crippen LogP contribution is -2.54. The quantitative estimate of drug-likeness (QED) is 0.757. The number of carboxylic acid groups (broad SMARTS) is 1. The molecule has 6 nitrogen and oxygen atoms in total. The van der Waals surface area contributed by atoms with Gasteiger partial charge in [-0.25, -0.2) is 9.59 Å². The van der Waals surface area contributed by atoms with Gasteiger partial charge in [0.15, 0.2) is 0 Å². The standard InChI is InChI=1S/C21H24N2O4/c1-3-27-21(26)19(17-12-15-6-4-5-7-16(15)13-17)23(14(2)20(24)25)18-8-10-22-11-9-18/h4-11,14,17,19H,3,12-13H2,1-2H3,(H,24,25)/t14-,19?/m0/s1. The van der Waals surface area contributed by atoms with E-state index in [0.29, 0.717) is 18.5 Å². The first kappa shape index (κ1) is 18.9. The Balaban J connectivity index is 2.02. The molecular formula is C21H24N2O4. The molecule has 1 N–H and O–H groups in total. The summed E-state index contributed by atoms with van der Waals surface area (Å²) in [6.07, 6.45) is 4.63. The molecule has 2 atom stereocenters. The van der Waals surface area contributed by atoms with Gasteiger partial charge in [-0.3, -0.25) is 4.98 Å². The molecule has 1 aliphatic carbocycles. The molecule has 0 saturated carbocycles. The molecule has 0 aliphatic heterocycles. The first-order valence-corrected chi connectivity index (χ1v) is 9.17. The fourth-order valence-corrected chi connectivity index (χ4v) is 3.84. The Morgan fingerprint density at radius 3 is 2.30 bits per heavy atom.